The summed E-state index contributed by atoms with van der Waals surface area (Å²) in [6.07, 6.45) is 3.00. The lowest BCUT2D eigenvalue weighted by molar-refractivity contribution is 0.644. The quantitative estimate of drug-likeness (QED) is 0.724. The van der Waals surface area contributed by atoms with Crippen LogP contribution in [-0.4, -0.2) is 11.5 Å². The molecule has 1 aromatic heterocycles. The van der Waals surface area contributed by atoms with Crippen molar-refractivity contribution in [2.45, 2.75) is 13.0 Å². The smallest absolute Gasteiger partial charge is 0.0780 e. The third-order valence-electron chi connectivity index (χ3n) is 4.04. The number of pyridine rings is 1. The van der Waals surface area contributed by atoms with Crippen LogP contribution in [0.2, 0.25) is 0 Å². The Morgan fingerprint density at radius 2 is 1.90 bits per heavy atom. The summed E-state index contributed by atoms with van der Waals surface area (Å²) in [7, 11) is 0. The summed E-state index contributed by atoms with van der Waals surface area (Å²) < 4.78 is 0. The predicted octanol–water partition coefficient (Wildman–Crippen LogP) is 3.55. The van der Waals surface area contributed by atoms with Gasteiger partial charge in [0.05, 0.1) is 5.52 Å². The topological polar surface area (TPSA) is 24.9 Å². The van der Waals surface area contributed by atoms with Gasteiger partial charge in [-0.1, -0.05) is 36.4 Å². The van der Waals surface area contributed by atoms with Crippen LogP contribution in [0.3, 0.4) is 0 Å². The van der Waals surface area contributed by atoms with E-state index >= 15 is 0 Å². The molecule has 0 saturated heterocycles. The van der Waals surface area contributed by atoms with Crippen molar-refractivity contribution < 1.29 is 0 Å². The van der Waals surface area contributed by atoms with E-state index in [0.29, 0.717) is 0 Å². The molecule has 0 unspecified atom stereocenters. The monoisotopic (exact) mass is 260 g/mol. The first-order valence-corrected chi connectivity index (χ1v) is 7.08. The minimum Gasteiger partial charge on any atom is -0.312 e. The molecule has 1 aliphatic rings. The molecule has 2 heteroatoms. The summed E-state index contributed by atoms with van der Waals surface area (Å²) in [6.45, 7) is 2.06. The summed E-state index contributed by atoms with van der Waals surface area (Å²) >= 11 is 0. The maximum atomic E-state index is 4.55. The van der Waals surface area contributed by atoms with Gasteiger partial charge in [0.2, 0.25) is 0 Å². The second kappa shape index (κ2) is 4.73. The van der Waals surface area contributed by atoms with Crippen molar-refractivity contribution in [1.82, 2.24) is 10.3 Å². The lowest BCUT2D eigenvalue weighted by atomic mass is 9.94. The molecule has 0 amide bonds. The molecule has 98 valence electrons. The zero-order valence-corrected chi connectivity index (χ0v) is 11.3. The van der Waals surface area contributed by atoms with Crippen molar-refractivity contribution in [3.8, 4) is 11.1 Å². The van der Waals surface area contributed by atoms with Gasteiger partial charge in [-0.3, -0.25) is 4.98 Å². The second-order valence-corrected chi connectivity index (χ2v) is 5.29. The number of rotatable bonds is 1. The van der Waals surface area contributed by atoms with Crippen LogP contribution in [0, 0.1) is 0 Å². The van der Waals surface area contributed by atoms with Crippen LogP contribution < -0.4 is 5.32 Å². The van der Waals surface area contributed by atoms with Gasteiger partial charge in [-0.25, -0.2) is 0 Å². The van der Waals surface area contributed by atoms with Gasteiger partial charge in [-0.2, -0.15) is 0 Å². The molecule has 0 radical (unpaired) electrons. The molecule has 2 nitrogen and oxygen atoms in total. The lowest BCUT2D eigenvalue weighted by Gasteiger charge is -2.18. The maximum Gasteiger partial charge on any atom is 0.0780 e. The zero-order chi connectivity index (χ0) is 13.4. The number of nitrogens with zero attached hydrogens (tertiary/aromatic N) is 1. The van der Waals surface area contributed by atoms with Crippen molar-refractivity contribution >= 4 is 10.9 Å². The Balaban J connectivity index is 1.91. The SMILES string of the molecule is c1cnc2c(-c3ccc4c(c3)CNCC4)cccc2c1. The molecule has 20 heavy (non-hydrogen) atoms. The fraction of sp³-hybridized carbons (Fsp3) is 0.167. The van der Waals surface area contributed by atoms with Crippen LogP contribution >= 0.6 is 0 Å². The third-order valence-corrected chi connectivity index (χ3v) is 4.04. The highest BCUT2D eigenvalue weighted by Gasteiger charge is 2.11. The Morgan fingerprint density at radius 1 is 0.950 bits per heavy atom. The molecule has 0 spiro atoms. The minimum atomic E-state index is 0.974. The van der Waals surface area contributed by atoms with Crippen LogP contribution in [-0.2, 0) is 13.0 Å². The first-order chi connectivity index (χ1) is 9.92. The Kier molecular flexibility index (Phi) is 2.75. The van der Waals surface area contributed by atoms with E-state index in [4.69, 9.17) is 0 Å². The van der Waals surface area contributed by atoms with Gasteiger partial charge in [0, 0.05) is 23.7 Å². The minimum absolute atomic E-state index is 0.974. The van der Waals surface area contributed by atoms with E-state index in [1.807, 2.05) is 12.3 Å². The van der Waals surface area contributed by atoms with Gasteiger partial charge in [0.15, 0.2) is 0 Å². The van der Waals surface area contributed by atoms with Crippen molar-refractivity contribution in [3.63, 3.8) is 0 Å². The zero-order valence-electron chi connectivity index (χ0n) is 11.3. The molecular weight excluding hydrogens is 244 g/mol. The van der Waals surface area contributed by atoms with Crippen molar-refractivity contribution in [2.24, 2.45) is 0 Å². The van der Waals surface area contributed by atoms with Crippen LogP contribution in [0.1, 0.15) is 11.1 Å². The Bertz CT molecular complexity index is 772. The van der Waals surface area contributed by atoms with E-state index in [1.165, 1.54) is 27.6 Å². The number of fused-ring (bicyclic) bond motifs is 2. The summed E-state index contributed by atoms with van der Waals surface area (Å²) in [6, 6.07) is 17.3. The summed E-state index contributed by atoms with van der Waals surface area (Å²) in [5, 5.41) is 4.64. The average Bonchev–Trinajstić information content (AvgIpc) is 2.54. The van der Waals surface area contributed by atoms with Crippen LogP contribution in [0.15, 0.2) is 54.7 Å². The van der Waals surface area contributed by atoms with E-state index in [-0.39, 0.29) is 0 Å². The molecule has 2 aromatic carbocycles. The fourth-order valence-electron chi connectivity index (χ4n) is 2.99. The highest BCUT2D eigenvalue weighted by Crippen LogP contribution is 2.29. The molecule has 0 atom stereocenters. The third kappa shape index (κ3) is 1.89. The number of nitrogens with one attached hydrogen (secondary N) is 1. The molecule has 3 aromatic rings. The molecule has 4 rings (SSSR count). The second-order valence-electron chi connectivity index (χ2n) is 5.29. The summed E-state index contributed by atoms with van der Waals surface area (Å²) in [5.41, 5.74) is 6.45. The maximum absolute atomic E-state index is 4.55. The first-order valence-electron chi connectivity index (χ1n) is 7.08. The van der Waals surface area contributed by atoms with Gasteiger partial charge in [-0.15, -0.1) is 0 Å². The predicted molar refractivity (Wildman–Crippen MR) is 82.6 cm³/mol. The van der Waals surface area contributed by atoms with Crippen molar-refractivity contribution in [1.29, 1.82) is 0 Å². The number of hydrogen-bond acceptors (Lipinski definition) is 2. The van der Waals surface area contributed by atoms with Crippen molar-refractivity contribution in [3.05, 3.63) is 65.9 Å². The number of benzene rings is 2. The molecule has 2 heterocycles. The van der Waals surface area contributed by atoms with Crippen molar-refractivity contribution in [2.75, 3.05) is 6.54 Å². The van der Waals surface area contributed by atoms with E-state index < -0.39 is 0 Å². The van der Waals surface area contributed by atoms with Crippen LogP contribution in [0.5, 0.6) is 0 Å². The molecular formula is C18H16N2. The lowest BCUT2D eigenvalue weighted by Crippen LogP contribution is -2.23. The van der Waals surface area contributed by atoms with Crippen LogP contribution in [0.25, 0.3) is 22.0 Å². The van der Waals surface area contributed by atoms with Gasteiger partial charge < -0.3 is 5.32 Å². The highest BCUT2D eigenvalue weighted by molar-refractivity contribution is 5.93. The fourth-order valence-corrected chi connectivity index (χ4v) is 2.99. The summed E-state index contributed by atoms with van der Waals surface area (Å²) in [5.74, 6) is 0. The van der Waals surface area contributed by atoms with E-state index in [9.17, 15) is 0 Å². The molecule has 1 N–H and O–H groups in total. The normalized spacial score (nSPS) is 14.2. The highest BCUT2D eigenvalue weighted by atomic mass is 14.9. The van der Waals surface area contributed by atoms with Gasteiger partial charge in [0.25, 0.3) is 0 Å². The summed E-state index contributed by atoms with van der Waals surface area (Å²) in [4.78, 5) is 4.55. The number of aromatic nitrogens is 1. The molecule has 0 fully saturated rings. The molecule has 0 saturated carbocycles. The molecule has 0 bridgehead atoms. The number of hydrogen-bond donors (Lipinski definition) is 1. The molecule has 0 aliphatic carbocycles. The van der Waals surface area contributed by atoms with Gasteiger partial charge in [0.1, 0.15) is 0 Å². The standard InChI is InChI=1S/C18H16N2/c1-3-14-4-2-9-20-18(14)17(5-1)15-7-6-13-8-10-19-12-16(13)11-15/h1-7,9,11,19H,8,10,12H2. The first kappa shape index (κ1) is 11.6. The van der Waals surface area contributed by atoms with Gasteiger partial charge >= 0.3 is 0 Å². The average molecular weight is 260 g/mol. The number of para-hydroxylation sites is 1. The van der Waals surface area contributed by atoms with Crippen LogP contribution in [0.4, 0.5) is 0 Å². The Labute approximate surface area is 118 Å². The van der Waals surface area contributed by atoms with E-state index in [0.717, 1.165) is 25.0 Å². The Morgan fingerprint density at radius 3 is 2.90 bits per heavy atom. The van der Waals surface area contributed by atoms with E-state index in [2.05, 4.69) is 52.8 Å². The largest absolute Gasteiger partial charge is 0.312 e. The van der Waals surface area contributed by atoms with E-state index in [1.54, 1.807) is 0 Å². The molecule has 1 aliphatic heterocycles. The Hall–Kier alpha value is -2.19. The van der Waals surface area contributed by atoms with Gasteiger partial charge in [-0.05, 0) is 41.8 Å².